The predicted octanol–water partition coefficient (Wildman–Crippen LogP) is 4.13. The molecule has 6 rings (SSSR count). The van der Waals surface area contributed by atoms with E-state index in [0.717, 1.165) is 34.7 Å². The van der Waals surface area contributed by atoms with Crippen molar-refractivity contribution >= 4 is 29.1 Å². The van der Waals surface area contributed by atoms with Crippen molar-refractivity contribution in [3.8, 4) is 0 Å². The largest absolute Gasteiger partial charge is 0.389 e. The smallest absolute Gasteiger partial charge is 0.254 e. The van der Waals surface area contributed by atoms with Gasteiger partial charge in [-0.25, -0.2) is 4.98 Å². The highest BCUT2D eigenvalue weighted by Gasteiger charge is 2.39. The SMILES string of the molecule is Cc1csc([C@H]2CCCN2C(=O)c2cccc(C(=O)N[C@@H](Cc3ccccc3)[C@H](O)[C@@H]3NCCN(Cc4ccccc4)C3=O)c2)n1. The Balaban J connectivity index is 1.19. The molecule has 0 saturated carbocycles. The average Bonchev–Trinajstić information content (AvgIpc) is 3.75. The summed E-state index contributed by atoms with van der Waals surface area (Å²) in [4.78, 5) is 49.2. The molecule has 0 aliphatic carbocycles. The number of carbonyl (C=O) groups excluding carboxylic acids is 3. The van der Waals surface area contributed by atoms with Gasteiger partial charge >= 0.3 is 0 Å². The molecule has 1 aromatic heterocycles. The van der Waals surface area contributed by atoms with Crippen LogP contribution in [0.5, 0.6) is 0 Å². The molecule has 3 aromatic carbocycles. The molecule has 0 spiro atoms. The number of aromatic nitrogens is 1. The number of aliphatic hydroxyl groups is 1. The van der Waals surface area contributed by atoms with Crippen LogP contribution in [-0.2, 0) is 17.8 Å². The summed E-state index contributed by atoms with van der Waals surface area (Å²) in [5.41, 5.74) is 3.60. The van der Waals surface area contributed by atoms with Gasteiger partial charge in [0.25, 0.3) is 11.8 Å². The second kappa shape index (κ2) is 14.4. The minimum atomic E-state index is -1.20. The van der Waals surface area contributed by atoms with E-state index in [9.17, 15) is 19.5 Å². The van der Waals surface area contributed by atoms with Gasteiger partial charge in [0.05, 0.1) is 18.2 Å². The molecule has 3 amide bonds. The van der Waals surface area contributed by atoms with Crippen molar-refractivity contribution in [2.75, 3.05) is 19.6 Å². The maximum Gasteiger partial charge on any atom is 0.254 e. The molecule has 10 heteroatoms. The monoisotopic (exact) mass is 637 g/mol. The van der Waals surface area contributed by atoms with Crippen LogP contribution < -0.4 is 10.6 Å². The fourth-order valence-corrected chi connectivity index (χ4v) is 7.28. The number of rotatable bonds is 10. The minimum Gasteiger partial charge on any atom is -0.389 e. The first kappa shape index (κ1) is 31.6. The number of hydrogen-bond donors (Lipinski definition) is 3. The highest BCUT2D eigenvalue weighted by molar-refractivity contribution is 7.09. The highest BCUT2D eigenvalue weighted by Crippen LogP contribution is 2.34. The molecule has 0 unspecified atom stereocenters. The van der Waals surface area contributed by atoms with Crippen molar-refractivity contribution in [1.29, 1.82) is 0 Å². The van der Waals surface area contributed by atoms with Gasteiger partial charge in [0.15, 0.2) is 0 Å². The number of piperazine rings is 1. The number of amides is 3. The Morgan fingerprint density at radius 2 is 1.72 bits per heavy atom. The van der Waals surface area contributed by atoms with Crippen molar-refractivity contribution in [3.05, 3.63) is 123 Å². The molecule has 2 saturated heterocycles. The van der Waals surface area contributed by atoms with Gasteiger partial charge in [0.2, 0.25) is 5.91 Å². The van der Waals surface area contributed by atoms with E-state index in [0.29, 0.717) is 43.7 Å². The van der Waals surface area contributed by atoms with Crippen LogP contribution in [0.1, 0.15) is 61.4 Å². The van der Waals surface area contributed by atoms with Crippen molar-refractivity contribution in [3.63, 3.8) is 0 Å². The summed E-state index contributed by atoms with van der Waals surface area (Å²) in [5.74, 6) is -0.771. The van der Waals surface area contributed by atoms with Crippen LogP contribution in [0, 0.1) is 6.92 Å². The van der Waals surface area contributed by atoms with E-state index in [1.54, 1.807) is 40.5 Å². The predicted molar refractivity (Wildman–Crippen MR) is 177 cm³/mol. The number of aliphatic hydroxyl groups excluding tert-OH is 1. The Morgan fingerprint density at radius 3 is 2.43 bits per heavy atom. The average molecular weight is 638 g/mol. The molecule has 3 N–H and O–H groups in total. The van der Waals surface area contributed by atoms with Crippen LogP contribution in [-0.4, -0.2) is 75.4 Å². The second-order valence-corrected chi connectivity index (χ2v) is 12.9. The van der Waals surface area contributed by atoms with Crippen LogP contribution in [0.3, 0.4) is 0 Å². The lowest BCUT2D eigenvalue weighted by atomic mass is 9.94. The Morgan fingerprint density at radius 1 is 1.00 bits per heavy atom. The van der Waals surface area contributed by atoms with Crippen molar-refractivity contribution in [2.24, 2.45) is 0 Å². The van der Waals surface area contributed by atoms with Crippen LogP contribution in [0.15, 0.2) is 90.3 Å². The summed E-state index contributed by atoms with van der Waals surface area (Å²) >= 11 is 1.57. The van der Waals surface area contributed by atoms with Crippen molar-refractivity contribution in [2.45, 2.75) is 57.0 Å². The summed E-state index contributed by atoms with van der Waals surface area (Å²) in [6.45, 7) is 4.07. The molecule has 46 heavy (non-hydrogen) atoms. The van der Waals surface area contributed by atoms with E-state index < -0.39 is 24.1 Å². The van der Waals surface area contributed by atoms with Crippen molar-refractivity contribution in [1.82, 2.24) is 25.4 Å². The van der Waals surface area contributed by atoms with Crippen LogP contribution in [0.4, 0.5) is 0 Å². The Bertz CT molecular complexity index is 1660. The minimum absolute atomic E-state index is 0.0731. The molecule has 4 atom stereocenters. The van der Waals surface area contributed by atoms with E-state index >= 15 is 0 Å². The van der Waals surface area contributed by atoms with E-state index in [4.69, 9.17) is 0 Å². The summed E-state index contributed by atoms with van der Waals surface area (Å²) in [5, 5.41) is 20.8. The Labute approximate surface area is 273 Å². The standard InChI is InChI=1S/C36H39N5O4S/c1-24-23-46-34(38-24)30-16-9-18-41(30)35(44)28-15-8-14-27(21-28)33(43)39-29(20-25-10-4-2-5-11-25)32(42)31-36(45)40(19-17-37-31)22-26-12-6-3-7-13-26/h2-8,10-15,21,23,29-32,37,42H,9,16-20,22H2,1H3,(H,39,43)/t29-,30+,31-,32-/m0/s1. The summed E-state index contributed by atoms with van der Waals surface area (Å²) in [6, 6.07) is 24.3. The van der Waals surface area contributed by atoms with E-state index in [2.05, 4.69) is 15.6 Å². The molecule has 9 nitrogen and oxygen atoms in total. The summed E-state index contributed by atoms with van der Waals surface area (Å²) in [6.07, 6.45) is 0.867. The van der Waals surface area contributed by atoms with Gasteiger partial charge < -0.3 is 25.5 Å². The normalized spacial score (nSPS) is 19.6. The number of aryl methyl sites for hydroxylation is 1. The van der Waals surface area contributed by atoms with Crippen LogP contribution in [0.2, 0.25) is 0 Å². The first-order chi connectivity index (χ1) is 22.4. The van der Waals surface area contributed by atoms with E-state index in [1.807, 2.05) is 77.9 Å². The number of nitrogens with zero attached hydrogens (tertiary/aromatic N) is 3. The van der Waals surface area contributed by atoms with Crippen molar-refractivity contribution < 1.29 is 19.5 Å². The zero-order chi connectivity index (χ0) is 32.0. The quantitative estimate of drug-likeness (QED) is 0.241. The molecule has 2 fully saturated rings. The van der Waals surface area contributed by atoms with Gasteiger partial charge in [-0.15, -0.1) is 11.3 Å². The highest BCUT2D eigenvalue weighted by atomic mass is 32.1. The maximum atomic E-state index is 13.7. The fraction of sp³-hybridized carbons (Fsp3) is 0.333. The molecule has 0 bridgehead atoms. The Hall–Kier alpha value is -4.38. The molecular formula is C36H39N5O4S. The van der Waals surface area contributed by atoms with Gasteiger partial charge in [-0.1, -0.05) is 66.7 Å². The third-order valence-corrected chi connectivity index (χ3v) is 9.78. The zero-order valence-corrected chi connectivity index (χ0v) is 26.7. The molecular weight excluding hydrogens is 598 g/mol. The maximum absolute atomic E-state index is 13.7. The topological polar surface area (TPSA) is 115 Å². The second-order valence-electron chi connectivity index (χ2n) is 12.0. The van der Waals surface area contributed by atoms with E-state index in [1.165, 1.54) is 0 Å². The number of likely N-dealkylation sites (tertiary alicyclic amines) is 1. The third kappa shape index (κ3) is 7.20. The fourth-order valence-electron chi connectivity index (χ4n) is 6.34. The number of benzene rings is 3. The number of carbonyl (C=O) groups is 3. The lowest BCUT2D eigenvalue weighted by Gasteiger charge is -2.38. The molecule has 2 aliphatic heterocycles. The molecule has 238 valence electrons. The van der Waals surface area contributed by atoms with Gasteiger partial charge in [0.1, 0.15) is 11.0 Å². The molecule has 0 radical (unpaired) electrons. The zero-order valence-electron chi connectivity index (χ0n) is 25.8. The molecule has 3 heterocycles. The van der Waals surface area contributed by atoms with Crippen LogP contribution in [0.25, 0.3) is 0 Å². The van der Waals surface area contributed by atoms with Crippen LogP contribution >= 0.6 is 11.3 Å². The van der Waals surface area contributed by atoms with Gasteiger partial charge in [-0.2, -0.15) is 0 Å². The van der Waals surface area contributed by atoms with Gasteiger partial charge in [-0.05, 0) is 55.5 Å². The first-order valence-corrected chi connectivity index (χ1v) is 16.7. The van der Waals surface area contributed by atoms with E-state index in [-0.39, 0.29) is 17.9 Å². The van der Waals surface area contributed by atoms with Gasteiger partial charge in [0, 0.05) is 48.4 Å². The first-order valence-electron chi connectivity index (χ1n) is 15.8. The number of hydrogen-bond acceptors (Lipinski definition) is 7. The summed E-state index contributed by atoms with van der Waals surface area (Å²) in [7, 11) is 0. The number of nitrogens with one attached hydrogen (secondary N) is 2. The lowest BCUT2D eigenvalue weighted by molar-refractivity contribution is -0.140. The number of thiazole rings is 1. The summed E-state index contributed by atoms with van der Waals surface area (Å²) < 4.78 is 0. The Kier molecular flexibility index (Phi) is 9.87. The lowest BCUT2D eigenvalue weighted by Crippen LogP contribution is -2.63. The third-order valence-electron chi connectivity index (χ3n) is 8.72. The molecule has 4 aromatic rings. The van der Waals surface area contributed by atoms with Gasteiger partial charge in [-0.3, -0.25) is 14.4 Å². The molecule has 2 aliphatic rings.